The lowest BCUT2D eigenvalue weighted by Crippen LogP contribution is -2.20. The number of hydrogen-bond acceptors (Lipinski definition) is 5. The summed E-state index contributed by atoms with van der Waals surface area (Å²) in [6, 6.07) is 11.6. The fourth-order valence-electron chi connectivity index (χ4n) is 1.88. The summed E-state index contributed by atoms with van der Waals surface area (Å²) in [5, 5.41) is 2.63. The molecule has 0 radical (unpaired) electrons. The molecule has 0 saturated carbocycles. The minimum absolute atomic E-state index is 0.319. The molecule has 2 aromatic carbocycles. The van der Waals surface area contributed by atoms with E-state index >= 15 is 0 Å². The highest BCUT2D eigenvalue weighted by Crippen LogP contribution is 2.25. The summed E-state index contributed by atoms with van der Waals surface area (Å²) >= 11 is 3.29. The van der Waals surface area contributed by atoms with Crippen molar-refractivity contribution in [3.05, 3.63) is 52.5 Å². The van der Waals surface area contributed by atoms with Gasteiger partial charge in [-0.15, -0.1) is 0 Å². The van der Waals surface area contributed by atoms with Crippen LogP contribution in [0.4, 0.5) is 5.69 Å². The van der Waals surface area contributed by atoms with Gasteiger partial charge in [0.2, 0.25) is 0 Å². The summed E-state index contributed by atoms with van der Waals surface area (Å²) in [6.07, 6.45) is 0. The third-order valence-corrected chi connectivity index (χ3v) is 3.72. The van der Waals surface area contributed by atoms with E-state index in [4.69, 9.17) is 14.2 Å². The maximum absolute atomic E-state index is 12.0. The Kier molecular flexibility index (Phi) is 6.20. The normalized spacial score (nSPS) is 9.96. The molecule has 0 aromatic heterocycles. The monoisotopic (exact) mass is 393 g/mol. The number of benzene rings is 2. The van der Waals surface area contributed by atoms with E-state index in [1.54, 1.807) is 49.6 Å². The second-order valence-corrected chi connectivity index (χ2v) is 5.56. The molecular formula is C17H16BrNO5. The molecule has 0 saturated heterocycles. The predicted octanol–water partition coefficient (Wildman–Crippen LogP) is 3.26. The van der Waals surface area contributed by atoms with Crippen molar-refractivity contribution in [2.24, 2.45) is 0 Å². The van der Waals surface area contributed by atoms with Crippen molar-refractivity contribution in [1.82, 2.24) is 0 Å². The molecule has 126 valence electrons. The van der Waals surface area contributed by atoms with Gasteiger partial charge in [-0.2, -0.15) is 0 Å². The number of halogens is 1. The Balaban J connectivity index is 1.88. The van der Waals surface area contributed by atoms with Crippen LogP contribution >= 0.6 is 15.9 Å². The Labute approximate surface area is 147 Å². The van der Waals surface area contributed by atoms with Crippen LogP contribution in [0.2, 0.25) is 0 Å². The molecule has 0 unspecified atom stereocenters. The lowest BCUT2D eigenvalue weighted by Gasteiger charge is -2.08. The zero-order valence-electron chi connectivity index (χ0n) is 13.2. The van der Waals surface area contributed by atoms with Crippen molar-refractivity contribution in [2.75, 3.05) is 26.1 Å². The maximum atomic E-state index is 12.0. The molecule has 0 aliphatic rings. The Hall–Kier alpha value is -2.54. The number of carbonyl (C=O) groups excluding carboxylic acids is 2. The molecule has 1 amide bonds. The first-order valence-corrected chi connectivity index (χ1v) is 7.77. The molecule has 24 heavy (non-hydrogen) atoms. The molecule has 2 aromatic rings. The highest BCUT2D eigenvalue weighted by Gasteiger charge is 2.12. The van der Waals surface area contributed by atoms with Crippen LogP contribution in [0.5, 0.6) is 11.5 Å². The summed E-state index contributed by atoms with van der Waals surface area (Å²) in [5.74, 6) is 0.262. The molecule has 0 fully saturated rings. The highest BCUT2D eigenvalue weighted by molar-refractivity contribution is 9.10. The van der Waals surface area contributed by atoms with Crippen LogP contribution in [0.3, 0.4) is 0 Å². The van der Waals surface area contributed by atoms with Crippen molar-refractivity contribution >= 4 is 33.5 Å². The van der Waals surface area contributed by atoms with Gasteiger partial charge in [0.15, 0.2) is 6.61 Å². The van der Waals surface area contributed by atoms with Gasteiger partial charge in [-0.1, -0.05) is 0 Å². The first-order valence-electron chi connectivity index (χ1n) is 6.98. The highest BCUT2D eigenvalue weighted by atomic mass is 79.9. The number of hydrogen-bond donors (Lipinski definition) is 1. The Morgan fingerprint density at radius 2 is 1.75 bits per heavy atom. The molecule has 2 rings (SSSR count). The van der Waals surface area contributed by atoms with Crippen LogP contribution in [0, 0.1) is 0 Å². The average molecular weight is 394 g/mol. The summed E-state index contributed by atoms with van der Waals surface area (Å²) < 4.78 is 15.7. The van der Waals surface area contributed by atoms with Crippen LogP contribution < -0.4 is 14.8 Å². The van der Waals surface area contributed by atoms with E-state index in [2.05, 4.69) is 21.2 Å². The number of amides is 1. The van der Waals surface area contributed by atoms with Gasteiger partial charge in [0.05, 0.1) is 24.3 Å². The summed E-state index contributed by atoms with van der Waals surface area (Å²) in [7, 11) is 3.09. The van der Waals surface area contributed by atoms with Gasteiger partial charge in [-0.05, 0) is 58.4 Å². The summed E-state index contributed by atoms with van der Waals surface area (Å²) in [5.41, 5.74) is 0.906. The van der Waals surface area contributed by atoms with E-state index in [9.17, 15) is 9.59 Å². The largest absolute Gasteiger partial charge is 0.497 e. The summed E-state index contributed by atoms with van der Waals surface area (Å²) in [6.45, 7) is -0.380. The number of esters is 1. The lowest BCUT2D eigenvalue weighted by atomic mass is 10.2. The van der Waals surface area contributed by atoms with Gasteiger partial charge in [0.1, 0.15) is 11.5 Å². The van der Waals surface area contributed by atoms with Gasteiger partial charge in [0, 0.05) is 5.69 Å². The quantitative estimate of drug-likeness (QED) is 0.762. The van der Waals surface area contributed by atoms with Crippen molar-refractivity contribution in [2.45, 2.75) is 0 Å². The Morgan fingerprint density at radius 3 is 2.33 bits per heavy atom. The first kappa shape index (κ1) is 17.8. The van der Waals surface area contributed by atoms with Crippen molar-refractivity contribution in [1.29, 1.82) is 0 Å². The minimum Gasteiger partial charge on any atom is -0.497 e. The molecule has 1 N–H and O–H groups in total. The molecule has 0 spiro atoms. The third-order valence-electron chi connectivity index (χ3n) is 3.10. The maximum Gasteiger partial charge on any atom is 0.338 e. The van der Waals surface area contributed by atoms with Crippen LogP contribution in [0.15, 0.2) is 46.9 Å². The molecule has 7 heteroatoms. The Morgan fingerprint density at radius 1 is 1.04 bits per heavy atom. The molecule has 0 aliphatic heterocycles. The second kappa shape index (κ2) is 8.35. The number of ether oxygens (including phenoxy) is 3. The van der Waals surface area contributed by atoms with Crippen molar-refractivity contribution < 1.29 is 23.8 Å². The molecule has 0 aliphatic carbocycles. The molecule has 0 bridgehead atoms. The molecular weight excluding hydrogens is 378 g/mol. The van der Waals surface area contributed by atoms with Crippen LogP contribution in [-0.2, 0) is 9.53 Å². The van der Waals surface area contributed by atoms with E-state index in [1.807, 2.05) is 0 Å². The number of nitrogens with one attached hydrogen (secondary N) is 1. The molecule has 0 atom stereocenters. The smallest absolute Gasteiger partial charge is 0.338 e. The van der Waals surface area contributed by atoms with E-state index in [0.717, 1.165) is 0 Å². The zero-order valence-corrected chi connectivity index (χ0v) is 14.8. The van der Waals surface area contributed by atoms with Gasteiger partial charge in [-0.25, -0.2) is 4.79 Å². The van der Waals surface area contributed by atoms with Gasteiger partial charge in [0.25, 0.3) is 5.91 Å². The van der Waals surface area contributed by atoms with Gasteiger partial charge in [-0.3, -0.25) is 4.79 Å². The van der Waals surface area contributed by atoms with Crippen LogP contribution in [-0.4, -0.2) is 32.7 Å². The minimum atomic E-state index is -0.594. The fourth-order valence-corrected chi connectivity index (χ4v) is 2.42. The number of anilines is 1. The van der Waals surface area contributed by atoms with Gasteiger partial charge >= 0.3 is 5.97 Å². The number of methoxy groups -OCH3 is 2. The lowest BCUT2D eigenvalue weighted by molar-refractivity contribution is -0.119. The van der Waals surface area contributed by atoms with E-state index in [1.165, 1.54) is 7.11 Å². The van der Waals surface area contributed by atoms with Gasteiger partial charge < -0.3 is 19.5 Å². The first-order chi connectivity index (χ1) is 11.5. The average Bonchev–Trinajstić information content (AvgIpc) is 2.60. The van der Waals surface area contributed by atoms with Crippen molar-refractivity contribution in [3.8, 4) is 11.5 Å². The third kappa shape index (κ3) is 4.73. The van der Waals surface area contributed by atoms with Crippen LogP contribution in [0.1, 0.15) is 10.4 Å². The van der Waals surface area contributed by atoms with E-state index < -0.39 is 11.9 Å². The van der Waals surface area contributed by atoms with E-state index in [-0.39, 0.29) is 6.61 Å². The fraction of sp³-hybridized carbons (Fsp3) is 0.176. The van der Waals surface area contributed by atoms with Crippen LogP contribution in [0.25, 0.3) is 0 Å². The second-order valence-electron chi connectivity index (χ2n) is 4.70. The van der Waals surface area contributed by atoms with Crippen molar-refractivity contribution in [3.63, 3.8) is 0 Å². The zero-order chi connectivity index (χ0) is 17.5. The topological polar surface area (TPSA) is 73.9 Å². The number of carbonyl (C=O) groups is 2. The standard InChI is InChI=1S/C17H16BrNO5/c1-22-13-6-4-12(5-7-13)19-16(20)10-24-17(21)11-3-8-15(23-2)14(18)9-11/h3-9H,10H2,1-2H3,(H,19,20). The Bertz CT molecular complexity index is 730. The predicted molar refractivity (Wildman–Crippen MR) is 92.6 cm³/mol. The number of rotatable bonds is 6. The molecule has 6 nitrogen and oxygen atoms in total. The SMILES string of the molecule is COc1ccc(NC(=O)COC(=O)c2ccc(OC)c(Br)c2)cc1. The molecule has 0 heterocycles. The van der Waals surface area contributed by atoms with E-state index in [0.29, 0.717) is 27.2 Å². The summed E-state index contributed by atoms with van der Waals surface area (Å²) in [4.78, 5) is 23.8.